The average molecular weight is 230 g/mol. The number of pyridine rings is 1. The van der Waals surface area contributed by atoms with Crippen molar-refractivity contribution in [3.63, 3.8) is 0 Å². The Morgan fingerprint density at radius 3 is 3.12 bits per heavy atom. The largest absolute Gasteiger partial charge is 0.366 e. The van der Waals surface area contributed by atoms with Crippen LogP contribution in [-0.4, -0.2) is 23.6 Å². The van der Waals surface area contributed by atoms with E-state index >= 15 is 0 Å². The Hall–Kier alpha value is -1.60. The van der Waals surface area contributed by atoms with Gasteiger partial charge in [0, 0.05) is 18.3 Å². The van der Waals surface area contributed by atoms with Crippen molar-refractivity contribution in [2.45, 2.75) is 38.8 Å². The first kappa shape index (κ1) is 11.9. The lowest BCUT2D eigenvalue weighted by Gasteiger charge is -2.29. The third-order valence-corrected chi connectivity index (χ3v) is 3.24. The van der Waals surface area contributed by atoms with E-state index in [2.05, 4.69) is 28.6 Å². The summed E-state index contributed by atoms with van der Waals surface area (Å²) in [5, 5.41) is 15.9. The van der Waals surface area contributed by atoms with Crippen molar-refractivity contribution in [1.82, 2.24) is 10.3 Å². The molecule has 1 aliphatic heterocycles. The maximum absolute atomic E-state index is 9.14. The molecule has 90 valence electrons. The summed E-state index contributed by atoms with van der Waals surface area (Å²) in [7, 11) is 0. The van der Waals surface area contributed by atoms with E-state index in [-0.39, 0.29) is 0 Å². The molecule has 1 fully saturated rings. The van der Waals surface area contributed by atoms with Crippen LogP contribution in [0.2, 0.25) is 0 Å². The predicted molar refractivity (Wildman–Crippen MR) is 67.8 cm³/mol. The fourth-order valence-electron chi connectivity index (χ4n) is 2.27. The summed E-state index contributed by atoms with van der Waals surface area (Å²) in [5.41, 5.74) is 1.64. The lowest BCUT2D eigenvalue weighted by atomic mass is 10.0. The highest BCUT2D eigenvalue weighted by Crippen LogP contribution is 2.19. The van der Waals surface area contributed by atoms with Crippen LogP contribution in [0.5, 0.6) is 0 Å². The SMILES string of the molecule is Cc1ccnc(NC2CCNC(C)C2)c1C#N. The van der Waals surface area contributed by atoms with Gasteiger partial charge < -0.3 is 10.6 Å². The molecule has 17 heavy (non-hydrogen) atoms. The minimum Gasteiger partial charge on any atom is -0.366 e. The van der Waals surface area contributed by atoms with Crippen LogP contribution in [-0.2, 0) is 0 Å². The van der Waals surface area contributed by atoms with E-state index < -0.39 is 0 Å². The normalized spacial score (nSPS) is 24.1. The lowest BCUT2D eigenvalue weighted by Crippen LogP contribution is -2.41. The molecule has 0 radical (unpaired) electrons. The number of nitrogens with one attached hydrogen (secondary N) is 2. The highest BCUT2D eigenvalue weighted by molar-refractivity contribution is 5.55. The van der Waals surface area contributed by atoms with Gasteiger partial charge in [-0.05, 0) is 44.9 Å². The molecule has 2 N–H and O–H groups in total. The van der Waals surface area contributed by atoms with Crippen molar-refractivity contribution in [2.75, 3.05) is 11.9 Å². The first-order valence-corrected chi connectivity index (χ1v) is 6.06. The zero-order valence-electron chi connectivity index (χ0n) is 10.3. The summed E-state index contributed by atoms with van der Waals surface area (Å²) in [6, 6.07) is 5.03. The van der Waals surface area contributed by atoms with Gasteiger partial charge in [-0.3, -0.25) is 0 Å². The van der Waals surface area contributed by atoms with Crippen LogP contribution in [0.4, 0.5) is 5.82 Å². The van der Waals surface area contributed by atoms with Crippen LogP contribution < -0.4 is 10.6 Å². The van der Waals surface area contributed by atoms with Gasteiger partial charge in [-0.2, -0.15) is 5.26 Å². The number of nitriles is 1. The molecule has 4 nitrogen and oxygen atoms in total. The van der Waals surface area contributed by atoms with Gasteiger partial charge >= 0.3 is 0 Å². The van der Waals surface area contributed by atoms with Crippen LogP contribution in [0, 0.1) is 18.3 Å². The predicted octanol–water partition coefficient (Wildman–Crippen LogP) is 1.81. The van der Waals surface area contributed by atoms with Crippen molar-refractivity contribution in [2.24, 2.45) is 0 Å². The molecular formula is C13H18N4. The van der Waals surface area contributed by atoms with E-state index in [0.717, 1.165) is 30.8 Å². The Morgan fingerprint density at radius 2 is 2.41 bits per heavy atom. The summed E-state index contributed by atoms with van der Waals surface area (Å²) >= 11 is 0. The van der Waals surface area contributed by atoms with Crippen molar-refractivity contribution in [3.05, 3.63) is 23.4 Å². The second-order valence-electron chi connectivity index (χ2n) is 4.68. The number of anilines is 1. The molecule has 1 aliphatic rings. The molecule has 2 heterocycles. The van der Waals surface area contributed by atoms with E-state index in [4.69, 9.17) is 5.26 Å². The molecule has 2 unspecified atom stereocenters. The average Bonchev–Trinajstić information content (AvgIpc) is 2.29. The number of hydrogen-bond donors (Lipinski definition) is 2. The Kier molecular flexibility index (Phi) is 3.60. The Labute approximate surface area is 102 Å². The number of piperidine rings is 1. The van der Waals surface area contributed by atoms with Crippen molar-refractivity contribution < 1.29 is 0 Å². The molecule has 2 rings (SSSR count). The zero-order chi connectivity index (χ0) is 12.3. The summed E-state index contributed by atoms with van der Waals surface area (Å²) in [6.45, 7) is 5.14. The summed E-state index contributed by atoms with van der Waals surface area (Å²) < 4.78 is 0. The molecule has 4 heteroatoms. The number of hydrogen-bond acceptors (Lipinski definition) is 4. The molecule has 1 aromatic heterocycles. The lowest BCUT2D eigenvalue weighted by molar-refractivity contribution is 0.396. The second-order valence-corrected chi connectivity index (χ2v) is 4.68. The van der Waals surface area contributed by atoms with Crippen molar-refractivity contribution >= 4 is 5.82 Å². The van der Waals surface area contributed by atoms with E-state index in [0.29, 0.717) is 17.6 Å². The number of aromatic nitrogens is 1. The van der Waals surface area contributed by atoms with E-state index in [1.54, 1.807) is 6.20 Å². The van der Waals surface area contributed by atoms with Gasteiger partial charge in [-0.15, -0.1) is 0 Å². The highest BCUT2D eigenvalue weighted by Gasteiger charge is 2.19. The molecule has 0 aromatic carbocycles. The number of aryl methyl sites for hydroxylation is 1. The van der Waals surface area contributed by atoms with Crippen LogP contribution in [0.3, 0.4) is 0 Å². The maximum atomic E-state index is 9.14. The van der Waals surface area contributed by atoms with E-state index in [1.807, 2.05) is 13.0 Å². The number of rotatable bonds is 2. The zero-order valence-corrected chi connectivity index (χ0v) is 10.3. The van der Waals surface area contributed by atoms with Gasteiger partial charge in [-0.1, -0.05) is 0 Å². The van der Waals surface area contributed by atoms with Gasteiger partial charge in [0.2, 0.25) is 0 Å². The molecule has 1 saturated heterocycles. The van der Waals surface area contributed by atoms with Crippen LogP contribution in [0.1, 0.15) is 30.9 Å². The summed E-state index contributed by atoms with van der Waals surface area (Å²) in [5.74, 6) is 0.728. The van der Waals surface area contributed by atoms with Crippen LogP contribution >= 0.6 is 0 Å². The third-order valence-electron chi connectivity index (χ3n) is 3.24. The fraction of sp³-hybridized carbons (Fsp3) is 0.538. The first-order valence-electron chi connectivity index (χ1n) is 6.06. The van der Waals surface area contributed by atoms with Gasteiger partial charge in [0.15, 0.2) is 0 Å². The molecule has 2 atom stereocenters. The van der Waals surface area contributed by atoms with Crippen LogP contribution in [0.15, 0.2) is 12.3 Å². The quantitative estimate of drug-likeness (QED) is 0.813. The Bertz CT molecular complexity index is 436. The molecule has 1 aromatic rings. The van der Waals surface area contributed by atoms with Gasteiger partial charge in [0.1, 0.15) is 11.9 Å². The van der Waals surface area contributed by atoms with Gasteiger partial charge in [0.05, 0.1) is 5.56 Å². The smallest absolute Gasteiger partial charge is 0.144 e. The summed E-state index contributed by atoms with van der Waals surface area (Å²) in [4.78, 5) is 4.28. The molecular weight excluding hydrogens is 212 g/mol. The highest BCUT2D eigenvalue weighted by atomic mass is 15.0. The fourth-order valence-corrected chi connectivity index (χ4v) is 2.27. The molecule has 0 spiro atoms. The maximum Gasteiger partial charge on any atom is 0.144 e. The monoisotopic (exact) mass is 230 g/mol. The van der Waals surface area contributed by atoms with Crippen molar-refractivity contribution in [1.29, 1.82) is 5.26 Å². The standard InChI is InChI=1S/C13H18N4/c1-9-3-5-16-13(12(9)8-14)17-11-4-6-15-10(2)7-11/h3,5,10-11,15H,4,6-7H2,1-2H3,(H,16,17). The topological polar surface area (TPSA) is 60.7 Å². The Balaban J connectivity index is 2.13. The van der Waals surface area contributed by atoms with E-state index in [9.17, 15) is 0 Å². The minimum absolute atomic E-state index is 0.410. The molecule has 0 aliphatic carbocycles. The summed E-state index contributed by atoms with van der Waals surface area (Å²) in [6.07, 6.45) is 3.90. The number of nitrogens with zero attached hydrogens (tertiary/aromatic N) is 2. The first-order chi connectivity index (χ1) is 8.20. The van der Waals surface area contributed by atoms with Crippen LogP contribution in [0.25, 0.3) is 0 Å². The van der Waals surface area contributed by atoms with Gasteiger partial charge in [0.25, 0.3) is 0 Å². The van der Waals surface area contributed by atoms with Crippen molar-refractivity contribution in [3.8, 4) is 6.07 Å². The van der Waals surface area contributed by atoms with Gasteiger partial charge in [-0.25, -0.2) is 4.98 Å². The molecule has 0 saturated carbocycles. The van der Waals surface area contributed by atoms with E-state index in [1.165, 1.54) is 0 Å². The minimum atomic E-state index is 0.410. The Morgan fingerprint density at radius 1 is 1.59 bits per heavy atom. The molecule has 0 bridgehead atoms. The molecule has 0 amide bonds. The third kappa shape index (κ3) is 2.75. The second kappa shape index (κ2) is 5.15.